The number of piperazine rings is 1. The summed E-state index contributed by atoms with van der Waals surface area (Å²) in [6, 6.07) is 3.47. The molecular weight excluding hydrogens is 270 g/mol. The highest BCUT2D eigenvalue weighted by Crippen LogP contribution is 2.36. The van der Waals surface area contributed by atoms with Crippen molar-refractivity contribution >= 4 is 11.4 Å². The molecule has 1 aromatic rings. The molecule has 0 unspecified atom stereocenters. The van der Waals surface area contributed by atoms with Crippen LogP contribution in [-0.2, 0) is 6.42 Å². The fourth-order valence-corrected chi connectivity index (χ4v) is 2.77. The highest BCUT2D eigenvalue weighted by molar-refractivity contribution is 5.66. The number of nitro groups is 1. The summed E-state index contributed by atoms with van der Waals surface area (Å²) < 4.78 is 5.38. The van der Waals surface area contributed by atoms with Gasteiger partial charge >= 0.3 is 0 Å². The molecule has 1 saturated heterocycles. The second-order valence-electron chi connectivity index (χ2n) is 5.18. The zero-order chi connectivity index (χ0) is 15.4. The summed E-state index contributed by atoms with van der Waals surface area (Å²) in [5, 5.41) is 11.1. The first-order valence-electron chi connectivity index (χ1n) is 7.43. The van der Waals surface area contributed by atoms with E-state index >= 15 is 0 Å². The quantitative estimate of drug-likeness (QED) is 0.616. The predicted molar refractivity (Wildman–Crippen MR) is 83.4 cm³/mol. The molecule has 0 aliphatic carbocycles. The lowest BCUT2D eigenvalue weighted by atomic mass is 10.1. The molecule has 0 N–H and O–H groups in total. The molecular formula is C15H23N3O3. The van der Waals surface area contributed by atoms with Crippen LogP contribution in [0.4, 0.5) is 11.4 Å². The molecule has 0 atom stereocenters. The molecule has 6 heteroatoms. The number of hydrogen-bond donors (Lipinski definition) is 0. The lowest BCUT2D eigenvalue weighted by molar-refractivity contribution is -0.385. The highest BCUT2D eigenvalue weighted by atomic mass is 16.6. The van der Waals surface area contributed by atoms with Gasteiger partial charge in [0.25, 0.3) is 5.69 Å². The van der Waals surface area contributed by atoms with Gasteiger partial charge in [-0.25, -0.2) is 0 Å². The fourth-order valence-electron chi connectivity index (χ4n) is 2.77. The first kappa shape index (κ1) is 15.6. The summed E-state index contributed by atoms with van der Waals surface area (Å²) in [4.78, 5) is 15.5. The van der Waals surface area contributed by atoms with E-state index in [4.69, 9.17) is 4.74 Å². The Bertz CT molecular complexity index is 511. The zero-order valence-corrected chi connectivity index (χ0v) is 13.0. The summed E-state index contributed by atoms with van der Waals surface area (Å²) in [6.07, 6.45) is 0.641. The molecule has 1 fully saturated rings. The van der Waals surface area contributed by atoms with Gasteiger partial charge in [-0.3, -0.25) is 10.1 Å². The zero-order valence-electron chi connectivity index (χ0n) is 13.0. The Morgan fingerprint density at radius 3 is 2.38 bits per heavy atom. The van der Waals surface area contributed by atoms with Crippen LogP contribution in [0.1, 0.15) is 19.4 Å². The van der Waals surface area contributed by atoms with Gasteiger partial charge in [-0.15, -0.1) is 0 Å². The second kappa shape index (κ2) is 6.76. The lowest BCUT2D eigenvalue weighted by Crippen LogP contribution is -2.46. The molecule has 0 saturated carbocycles. The van der Waals surface area contributed by atoms with Crippen LogP contribution in [0.2, 0.25) is 0 Å². The number of aryl methyl sites for hydroxylation is 1. The van der Waals surface area contributed by atoms with Gasteiger partial charge in [0.15, 0.2) is 0 Å². The van der Waals surface area contributed by atoms with E-state index in [-0.39, 0.29) is 10.6 Å². The Morgan fingerprint density at radius 1 is 1.24 bits per heavy atom. The topological polar surface area (TPSA) is 58.8 Å². The Morgan fingerprint density at radius 2 is 1.90 bits per heavy atom. The van der Waals surface area contributed by atoms with Crippen LogP contribution in [0.15, 0.2) is 12.1 Å². The molecule has 1 aromatic carbocycles. The number of hydrogen-bond acceptors (Lipinski definition) is 5. The smallest absolute Gasteiger partial charge is 0.276 e. The highest BCUT2D eigenvalue weighted by Gasteiger charge is 2.23. The summed E-state index contributed by atoms with van der Waals surface area (Å²) in [5.41, 5.74) is 1.87. The van der Waals surface area contributed by atoms with Crippen molar-refractivity contribution < 1.29 is 9.66 Å². The van der Waals surface area contributed by atoms with E-state index in [0.717, 1.165) is 44.0 Å². The van der Waals surface area contributed by atoms with E-state index in [0.29, 0.717) is 12.2 Å². The van der Waals surface area contributed by atoms with Crippen molar-refractivity contribution in [2.24, 2.45) is 0 Å². The van der Waals surface area contributed by atoms with Crippen LogP contribution >= 0.6 is 0 Å². The maximum absolute atomic E-state index is 11.1. The number of methoxy groups -OCH3 is 1. The van der Waals surface area contributed by atoms with E-state index in [1.165, 1.54) is 0 Å². The van der Waals surface area contributed by atoms with E-state index in [1.807, 2.05) is 13.0 Å². The van der Waals surface area contributed by atoms with Crippen molar-refractivity contribution in [2.45, 2.75) is 20.3 Å². The minimum Gasteiger partial charge on any atom is -0.494 e. The third-order valence-electron chi connectivity index (χ3n) is 4.12. The van der Waals surface area contributed by atoms with Gasteiger partial charge in [-0.2, -0.15) is 0 Å². The molecule has 2 rings (SSSR count). The number of ether oxygens (including phenoxy) is 1. The average molecular weight is 293 g/mol. The molecule has 0 spiro atoms. The average Bonchev–Trinajstić information content (AvgIpc) is 2.53. The van der Waals surface area contributed by atoms with Crippen molar-refractivity contribution in [1.29, 1.82) is 0 Å². The van der Waals surface area contributed by atoms with Gasteiger partial charge in [0.05, 0.1) is 23.8 Å². The molecule has 6 nitrogen and oxygen atoms in total. The largest absolute Gasteiger partial charge is 0.494 e. The molecule has 1 heterocycles. The maximum Gasteiger partial charge on any atom is 0.276 e. The van der Waals surface area contributed by atoms with Crippen LogP contribution in [0, 0.1) is 10.1 Å². The van der Waals surface area contributed by atoms with Gasteiger partial charge < -0.3 is 14.5 Å². The van der Waals surface area contributed by atoms with Crippen LogP contribution in [0.5, 0.6) is 5.75 Å². The Hall–Kier alpha value is -1.82. The number of nitro benzene ring substituents is 1. The van der Waals surface area contributed by atoms with Gasteiger partial charge in [-0.1, -0.05) is 13.8 Å². The third kappa shape index (κ3) is 3.26. The number of rotatable bonds is 5. The fraction of sp³-hybridized carbons (Fsp3) is 0.600. The van der Waals surface area contributed by atoms with Crippen molar-refractivity contribution in [3.8, 4) is 5.75 Å². The van der Waals surface area contributed by atoms with E-state index < -0.39 is 0 Å². The van der Waals surface area contributed by atoms with Gasteiger partial charge in [-0.05, 0) is 19.0 Å². The Balaban J connectivity index is 2.32. The monoisotopic (exact) mass is 293 g/mol. The van der Waals surface area contributed by atoms with Crippen molar-refractivity contribution in [2.75, 3.05) is 44.7 Å². The molecule has 0 bridgehead atoms. The molecule has 1 aliphatic heterocycles. The Kier molecular flexibility index (Phi) is 5.01. The van der Waals surface area contributed by atoms with E-state index in [2.05, 4.69) is 16.7 Å². The predicted octanol–water partition coefficient (Wildman–Crippen LogP) is 2.31. The minimum absolute atomic E-state index is 0.144. The summed E-state index contributed by atoms with van der Waals surface area (Å²) in [6.45, 7) is 9.03. The standard InChI is InChI=1S/C15H23N3O3/c1-4-12-10-14(15(21-3)11-13(12)18(19)20)17-8-6-16(5-2)7-9-17/h10-11H,4-9H2,1-3H3. The van der Waals surface area contributed by atoms with Crippen LogP contribution in [0.3, 0.4) is 0 Å². The number of benzene rings is 1. The van der Waals surface area contributed by atoms with Crippen LogP contribution in [-0.4, -0.2) is 49.7 Å². The molecule has 0 amide bonds. The SMILES string of the molecule is CCc1cc(N2CCN(CC)CC2)c(OC)cc1[N+](=O)[O-]. The second-order valence-corrected chi connectivity index (χ2v) is 5.18. The summed E-state index contributed by atoms with van der Waals surface area (Å²) >= 11 is 0. The first-order chi connectivity index (χ1) is 10.1. The van der Waals surface area contributed by atoms with Crippen LogP contribution in [0.25, 0.3) is 0 Å². The summed E-state index contributed by atoms with van der Waals surface area (Å²) in [7, 11) is 1.57. The van der Waals surface area contributed by atoms with Crippen molar-refractivity contribution in [3.63, 3.8) is 0 Å². The lowest BCUT2D eigenvalue weighted by Gasteiger charge is -2.36. The van der Waals surface area contributed by atoms with Gasteiger partial charge in [0.2, 0.25) is 0 Å². The molecule has 0 aromatic heterocycles. The van der Waals surface area contributed by atoms with Gasteiger partial charge in [0.1, 0.15) is 5.75 Å². The molecule has 116 valence electrons. The van der Waals surface area contributed by atoms with Crippen LogP contribution < -0.4 is 9.64 Å². The summed E-state index contributed by atoms with van der Waals surface area (Å²) in [5.74, 6) is 0.587. The maximum atomic E-state index is 11.1. The first-order valence-corrected chi connectivity index (χ1v) is 7.43. The number of likely N-dealkylation sites (N-methyl/N-ethyl adjacent to an activating group) is 1. The molecule has 21 heavy (non-hydrogen) atoms. The number of anilines is 1. The van der Waals surface area contributed by atoms with E-state index in [9.17, 15) is 10.1 Å². The van der Waals surface area contributed by atoms with Crippen molar-refractivity contribution in [3.05, 3.63) is 27.8 Å². The minimum atomic E-state index is -0.333. The van der Waals surface area contributed by atoms with Crippen molar-refractivity contribution in [1.82, 2.24) is 4.90 Å². The van der Waals surface area contributed by atoms with E-state index in [1.54, 1.807) is 13.2 Å². The molecule has 0 radical (unpaired) electrons. The number of nitrogens with zero attached hydrogens (tertiary/aromatic N) is 3. The van der Waals surface area contributed by atoms with Gasteiger partial charge in [0, 0.05) is 31.7 Å². The Labute approximate surface area is 125 Å². The third-order valence-corrected chi connectivity index (χ3v) is 4.12. The molecule has 1 aliphatic rings. The normalized spacial score (nSPS) is 16.0.